The molecule has 194 valence electrons. The van der Waals surface area contributed by atoms with Crippen molar-refractivity contribution in [1.29, 1.82) is 0 Å². The summed E-state index contributed by atoms with van der Waals surface area (Å²) in [7, 11) is 0. The number of rotatable bonds is 6. The molecule has 0 bridgehead atoms. The number of hydrogen-bond donors (Lipinski definition) is 3. The minimum Gasteiger partial charge on any atom is -0.478 e. The Balaban J connectivity index is 1.37. The van der Waals surface area contributed by atoms with E-state index in [9.17, 15) is 19.5 Å². The maximum Gasteiger partial charge on any atom is 0.335 e. The van der Waals surface area contributed by atoms with Gasteiger partial charge >= 0.3 is 5.97 Å². The van der Waals surface area contributed by atoms with Crippen LogP contribution in [0.3, 0.4) is 0 Å². The van der Waals surface area contributed by atoms with Crippen LogP contribution in [0, 0.1) is 5.92 Å². The number of anilines is 2. The molecule has 0 spiro atoms. The Bertz CT molecular complexity index is 1310. The van der Waals surface area contributed by atoms with Gasteiger partial charge in [0.2, 0.25) is 11.7 Å². The number of nitrogens with one attached hydrogen (secondary N) is 2. The first-order chi connectivity index (χ1) is 17.9. The van der Waals surface area contributed by atoms with Crippen LogP contribution in [-0.4, -0.2) is 65.1 Å². The number of benzene rings is 1. The Morgan fingerprint density at radius 2 is 1.78 bits per heavy atom. The molecule has 37 heavy (non-hydrogen) atoms. The third-order valence-corrected chi connectivity index (χ3v) is 7.21. The zero-order valence-electron chi connectivity index (χ0n) is 20.0. The monoisotopic (exact) mass is 526 g/mol. The highest BCUT2D eigenvalue weighted by Crippen LogP contribution is 2.35. The van der Waals surface area contributed by atoms with Gasteiger partial charge in [-0.05, 0) is 56.0 Å². The van der Waals surface area contributed by atoms with Crippen LogP contribution in [0.15, 0.2) is 40.9 Å². The number of aromatic carboxylic acids is 1. The van der Waals surface area contributed by atoms with E-state index < -0.39 is 11.9 Å². The number of carboxylic acids is 1. The van der Waals surface area contributed by atoms with Gasteiger partial charge in [0.25, 0.3) is 5.91 Å². The number of ether oxygens (including phenoxy) is 1. The van der Waals surface area contributed by atoms with Crippen molar-refractivity contribution in [2.75, 3.05) is 36.9 Å². The van der Waals surface area contributed by atoms with Crippen molar-refractivity contribution < 1.29 is 28.6 Å². The summed E-state index contributed by atoms with van der Waals surface area (Å²) < 4.78 is 11.2. The Hall–Kier alpha value is -3.47. The van der Waals surface area contributed by atoms with Crippen molar-refractivity contribution in [1.82, 2.24) is 9.88 Å². The molecule has 1 aliphatic carbocycles. The standard InChI is InChI=1S/C26H27ClN4O6/c27-17-4-8-21(28-14-17)29-25(33)23-22(19-13-16(26(34)35)3-7-20(19)37-23)30-24(32)15-1-5-18(6-2-15)31-9-11-36-12-10-31/h3-4,7-8,13-15,18H,1-2,5-6,9-12H2,(H,30,32)(H,34,35)(H,28,29,33). The molecule has 2 fully saturated rings. The van der Waals surface area contributed by atoms with Gasteiger partial charge in [0.15, 0.2) is 0 Å². The van der Waals surface area contributed by atoms with E-state index in [1.165, 1.54) is 30.5 Å². The molecule has 3 N–H and O–H groups in total. The number of fused-ring (bicyclic) bond motifs is 1. The lowest BCUT2D eigenvalue weighted by molar-refractivity contribution is -0.121. The summed E-state index contributed by atoms with van der Waals surface area (Å²) in [6.45, 7) is 3.30. The van der Waals surface area contributed by atoms with Crippen LogP contribution in [0.5, 0.6) is 0 Å². The van der Waals surface area contributed by atoms with Crippen LogP contribution in [-0.2, 0) is 9.53 Å². The van der Waals surface area contributed by atoms with Gasteiger partial charge in [-0.1, -0.05) is 11.6 Å². The maximum atomic E-state index is 13.3. The fraction of sp³-hybridized carbons (Fsp3) is 0.385. The maximum absolute atomic E-state index is 13.3. The van der Waals surface area contributed by atoms with Crippen LogP contribution < -0.4 is 10.6 Å². The van der Waals surface area contributed by atoms with Gasteiger partial charge in [0.1, 0.15) is 17.1 Å². The summed E-state index contributed by atoms with van der Waals surface area (Å²) >= 11 is 5.87. The molecule has 2 aromatic heterocycles. The number of pyridine rings is 1. The zero-order chi connectivity index (χ0) is 25.9. The van der Waals surface area contributed by atoms with Crippen LogP contribution in [0.4, 0.5) is 11.5 Å². The number of aromatic nitrogens is 1. The molecular weight excluding hydrogens is 500 g/mol. The number of morpholine rings is 1. The van der Waals surface area contributed by atoms with Crippen LogP contribution >= 0.6 is 11.6 Å². The lowest BCUT2D eigenvalue weighted by Gasteiger charge is -2.38. The molecule has 10 nitrogen and oxygen atoms in total. The minimum absolute atomic E-state index is 0.0149. The number of carbonyl (C=O) groups is 3. The highest BCUT2D eigenvalue weighted by Gasteiger charge is 2.32. The van der Waals surface area contributed by atoms with Gasteiger partial charge < -0.3 is 24.9 Å². The summed E-state index contributed by atoms with van der Waals surface area (Å²) in [5.74, 6) is -2.09. The van der Waals surface area contributed by atoms with Crippen molar-refractivity contribution in [2.24, 2.45) is 5.92 Å². The number of furan rings is 1. The van der Waals surface area contributed by atoms with Crippen molar-refractivity contribution >= 4 is 51.9 Å². The van der Waals surface area contributed by atoms with Gasteiger partial charge in [0, 0.05) is 36.6 Å². The molecule has 1 aliphatic heterocycles. The molecule has 1 aromatic carbocycles. The fourth-order valence-electron chi connectivity index (χ4n) is 5.01. The molecule has 0 radical (unpaired) electrons. The van der Waals surface area contributed by atoms with Crippen molar-refractivity contribution in [3.63, 3.8) is 0 Å². The average Bonchev–Trinajstić information content (AvgIpc) is 3.28. The van der Waals surface area contributed by atoms with E-state index in [4.69, 9.17) is 20.8 Å². The summed E-state index contributed by atoms with van der Waals surface area (Å²) in [4.78, 5) is 44.5. The second kappa shape index (κ2) is 10.9. The van der Waals surface area contributed by atoms with Gasteiger partial charge in [-0.15, -0.1) is 0 Å². The van der Waals surface area contributed by atoms with E-state index in [1.54, 1.807) is 6.07 Å². The largest absolute Gasteiger partial charge is 0.478 e. The number of hydrogen-bond acceptors (Lipinski definition) is 7. The Morgan fingerprint density at radius 1 is 1.03 bits per heavy atom. The van der Waals surface area contributed by atoms with Gasteiger partial charge in [-0.25, -0.2) is 9.78 Å². The van der Waals surface area contributed by atoms with Gasteiger partial charge in [0.05, 0.1) is 23.8 Å². The van der Waals surface area contributed by atoms with Crippen LogP contribution in [0.2, 0.25) is 5.02 Å². The third-order valence-electron chi connectivity index (χ3n) is 6.99. The predicted molar refractivity (Wildman–Crippen MR) is 137 cm³/mol. The van der Waals surface area contributed by atoms with Gasteiger partial charge in [-0.2, -0.15) is 0 Å². The highest BCUT2D eigenvalue weighted by molar-refractivity contribution is 6.30. The molecule has 5 rings (SSSR count). The predicted octanol–water partition coefficient (Wildman–Crippen LogP) is 4.26. The summed E-state index contributed by atoms with van der Waals surface area (Å²) in [5, 5.41) is 15.7. The number of carboxylic acid groups (broad SMARTS) is 1. The molecule has 3 aromatic rings. The first-order valence-corrected chi connectivity index (χ1v) is 12.6. The number of halogens is 1. The fourth-order valence-corrected chi connectivity index (χ4v) is 5.12. The third kappa shape index (κ3) is 5.61. The first-order valence-electron chi connectivity index (χ1n) is 12.2. The van der Waals surface area contributed by atoms with Crippen LogP contribution in [0.1, 0.15) is 46.6 Å². The van der Waals surface area contributed by atoms with E-state index in [0.717, 1.165) is 52.0 Å². The Labute approximate surface area is 217 Å². The molecule has 0 atom stereocenters. The lowest BCUT2D eigenvalue weighted by atomic mass is 9.84. The molecule has 2 aliphatic rings. The minimum atomic E-state index is -1.13. The summed E-state index contributed by atoms with van der Waals surface area (Å²) in [5.41, 5.74) is 0.441. The molecule has 1 saturated heterocycles. The van der Waals surface area contributed by atoms with Crippen LogP contribution in [0.25, 0.3) is 11.0 Å². The summed E-state index contributed by atoms with van der Waals surface area (Å²) in [6.07, 6.45) is 4.65. The number of carbonyl (C=O) groups excluding carboxylic acids is 2. The molecule has 0 unspecified atom stereocenters. The number of amides is 2. The molecular formula is C26H27ClN4O6. The Kier molecular flexibility index (Phi) is 7.40. The second-order valence-corrected chi connectivity index (χ2v) is 9.72. The zero-order valence-corrected chi connectivity index (χ0v) is 20.8. The Morgan fingerprint density at radius 3 is 2.46 bits per heavy atom. The lowest BCUT2D eigenvalue weighted by Crippen LogP contribution is -2.45. The van der Waals surface area contributed by atoms with E-state index in [-0.39, 0.29) is 40.2 Å². The van der Waals surface area contributed by atoms with Gasteiger partial charge in [-0.3, -0.25) is 14.5 Å². The second-order valence-electron chi connectivity index (χ2n) is 9.28. The molecule has 2 amide bonds. The van der Waals surface area contributed by atoms with E-state index in [0.29, 0.717) is 16.5 Å². The van der Waals surface area contributed by atoms with Crippen molar-refractivity contribution in [3.8, 4) is 0 Å². The highest BCUT2D eigenvalue weighted by atomic mass is 35.5. The van der Waals surface area contributed by atoms with E-state index in [1.807, 2.05) is 0 Å². The SMILES string of the molecule is O=C(O)c1ccc2oc(C(=O)Nc3ccc(Cl)cn3)c(NC(=O)C3CCC(N4CCOCC4)CC3)c2c1. The van der Waals surface area contributed by atoms with Crippen molar-refractivity contribution in [3.05, 3.63) is 52.9 Å². The normalized spacial score (nSPS) is 20.5. The molecule has 3 heterocycles. The first kappa shape index (κ1) is 25.2. The molecule has 11 heteroatoms. The summed E-state index contributed by atoms with van der Waals surface area (Å²) in [6, 6.07) is 7.81. The van der Waals surface area contributed by atoms with E-state index >= 15 is 0 Å². The average molecular weight is 527 g/mol. The number of nitrogens with zero attached hydrogens (tertiary/aromatic N) is 2. The quantitative estimate of drug-likeness (QED) is 0.433. The van der Waals surface area contributed by atoms with E-state index in [2.05, 4.69) is 20.5 Å². The topological polar surface area (TPSA) is 134 Å². The van der Waals surface area contributed by atoms with Crippen molar-refractivity contribution in [2.45, 2.75) is 31.7 Å². The molecule has 1 saturated carbocycles. The smallest absolute Gasteiger partial charge is 0.335 e.